The summed E-state index contributed by atoms with van der Waals surface area (Å²) in [6.07, 6.45) is 1.68. The van der Waals surface area contributed by atoms with Crippen LogP contribution in [0.15, 0.2) is 48.8 Å². The van der Waals surface area contributed by atoms with Crippen molar-refractivity contribution in [2.24, 2.45) is 0 Å². The molecule has 0 bridgehead atoms. The molecule has 0 aliphatic heterocycles. The number of aryl methyl sites for hydroxylation is 1. The zero-order valence-corrected chi connectivity index (χ0v) is 14.9. The minimum Gasteiger partial charge on any atom is -0.497 e. The fraction of sp³-hybridized carbons (Fsp3) is 0.211. The smallest absolute Gasteiger partial charge is 0.255 e. The predicted molar refractivity (Wildman–Crippen MR) is 98.6 cm³/mol. The van der Waals surface area contributed by atoms with Crippen molar-refractivity contribution < 1.29 is 14.3 Å². The minimum atomic E-state index is -0.253. The van der Waals surface area contributed by atoms with E-state index in [0.29, 0.717) is 22.7 Å². The van der Waals surface area contributed by atoms with Crippen LogP contribution in [0, 0.1) is 0 Å². The third kappa shape index (κ3) is 3.66. The Labute approximate surface area is 151 Å². The zero-order valence-electron chi connectivity index (χ0n) is 14.9. The summed E-state index contributed by atoms with van der Waals surface area (Å²) in [5.74, 6) is 1.61. The van der Waals surface area contributed by atoms with Gasteiger partial charge in [-0.15, -0.1) is 10.2 Å². The molecule has 3 rings (SSSR count). The molecule has 0 fully saturated rings. The van der Waals surface area contributed by atoms with Crippen LogP contribution in [-0.2, 0) is 6.54 Å². The van der Waals surface area contributed by atoms with Crippen molar-refractivity contribution in [1.82, 2.24) is 14.8 Å². The molecule has 1 amide bonds. The Hall–Kier alpha value is -3.35. The van der Waals surface area contributed by atoms with Crippen LogP contribution in [0.5, 0.6) is 11.5 Å². The van der Waals surface area contributed by atoms with Crippen LogP contribution in [0.2, 0.25) is 0 Å². The van der Waals surface area contributed by atoms with E-state index in [2.05, 4.69) is 15.5 Å². The average Bonchev–Trinajstić information content (AvgIpc) is 3.16. The number of rotatable bonds is 6. The minimum absolute atomic E-state index is 0.253. The van der Waals surface area contributed by atoms with E-state index in [1.54, 1.807) is 38.7 Å². The fourth-order valence-electron chi connectivity index (χ4n) is 2.59. The maximum atomic E-state index is 12.6. The van der Waals surface area contributed by atoms with Gasteiger partial charge in [0.05, 0.1) is 14.2 Å². The fourth-order valence-corrected chi connectivity index (χ4v) is 2.59. The second-order valence-electron chi connectivity index (χ2n) is 5.58. The Balaban J connectivity index is 1.85. The molecule has 1 N–H and O–H groups in total. The summed E-state index contributed by atoms with van der Waals surface area (Å²) >= 11 is 0. The molecular formula is C19H20N4O3. The summed E-state index contributed by atoms with van der Waals surface area (Å²) in [5.41, 5.74) is 1.99. The molecule has 1 aromatic heterocycles. The molecule has 0 saturated carbocycles. The number of ether oxygens (including phenoxy) is 2. The number of benzene rings is 2. The topological polar surface area (TPSA) is 78.3 Å². The van der Waals surface area contributed by atoms with Gasteiger partial charge in [0.1, 0.15) is 17.8 Å². The van der Waals surface area contributed by atoms with Crippen molar-refractivity contribution >= 4 is 11.6 Å². The largest absolute Gasteiger partial charge is 0.497 e. The average molecular weight is 352 g/mol. The highest BCUT2D eigenvalue weighted by molar-refractivity contribution is 6.05. The third-order valence-electron chi connectivity index (χ3n) is 3.95. The second-order valence-corrected chi connectivity index (χ2v) is 5.58. The molecule has 1 heterocycles. The Kier molecular flexibility index (Phi) is 5.17. The highest BCUT2D eigenvalue weighted by Gasteiger charge is 2.12. The van der Waals surface area contributed by atoms with Gasteiger partial charge in [-0.25, -0.2) is 0 Å². The zero-order chi connectivity index (χ0) is 18.5. The van der Waals surface area contributed by atoms with Crippen molar-refractivity contribution in [3.8, 4) is 22.9 Å². The summed E-state index contributed by atoms with van der Waals surface area (Å²) in [7, 11) is 3.09. The first-order valence-corrected chi connectivity index (χ1v) is 8.17. The summed E-state index contributed by atoms with van der Waals surface area (Å²) < 4.78 is 12.4. The Morgan fingerprint density at radius 2 is 1.85 bits per heavy atom. The molecule has 0 aliphatic rings. The first-order valence-electron chi connectivity index (χ1n) is 8.17. The van der Waals surface area contributed by atoms with Crippen LogP contribution < -0.4 is 14.8 Å². The third-order valence-corrected chi connectivity index (χ3v) is 3.95. The van der Waals surface area contributed by atoms with E-state index >= 15 is 0 Å². The maximum absolute atomic E-state index is 12.6. The van der Waals surface area contributed by atoms with Gasteiger partial charge < -0.3 is 19.4 Å². The van der Waals surface area contributed by atoms with Crippen LogP contribution in [-0.4, -0.2) is 34.9 Å². The standard InChI is InChI=1S/C19H20N4O3/c1-4-23-12-20-22-18(23)13-6-5-7-15(8-13)21-19(24)14-9-16(25-2)11-17(10-14)26-3/h5-12H,4H2,1-3H3,(H,21,24). The van der Waals surface area contributed by atoms with Gasteiger partial charge in [-0.1, -0.05) is 12.1 Å². The lowest BCUT2D eigenvalue weighted by Gasteiger charge is -2.10. The molecule has 0 spiro atoms. The first-order chi connectivity index (χ1) is 12.6. The Bertz CT molecular complexity index is 898. The number of nitrogens with zero attached hydrogens (tertiary/aromatic N) is 3. The highest BCUT2D eigenvalue weighted by Crippen LogP contribution is 2.24. The predicted octanol–water partition coefficient (Wildman–Crippen LogP) is 3.23. The lowest BCUT2D eigenvalue weighted by molar-refractivity contribution is 0.102. The molecule has 0 saturated heterocycles. The van der Waals surface area contributed by atoms with E-state index in [1.807, 2.05) is 35.8 Å². The van der Waals surface area contributed by atoms with Crippen molar-refractivity contribution in [3.05, 3.63) is 54.4 Å². The molecular weight excluding hydrogens is 332 g/mol. The molecule has 26 heavy (non-hydrogen) atoms. The molecule has 7 heteroatoms. The van der Waals surface area contributed by atoms with E-state index in [0.717, 1.165) is 17.9 Å². The number of hydrogen-bond acceptors (Lipinski definition) is 5. The van der Waals surface area contributed by atoms with Gasteiger partial charge in [0.2, 0.25) is 0 Å². The lowest BCUT2D eigenvalue weighted by atomic mass is 10.1. The maximum Gasteiger partial charge on any atom is 0.255 e. The number of anilines is 1. The van der Waals surface area contributed by atoms with E-state index in [-0.39, 0.29) is 5.91 Å². The molecule has 3 aromatic rings. The summed E-state index contributed by atoms with van der Waals surface area (Å²) in [4.78, 5) is 12.6. The van der Waals surface area contributed by atoms with Gasteiger partial charge in [-0.05, 0) is 31.2 Å². The summed E-state index contributed by atoms with van der Waals surface area (Å²) in [5, 5.41) is 11.0. The molecule has 0 radical (unpaired) electrons. The normalized spacial score (nSPS) is 10.4. The van der Waals surface area contributed by atoms with Crippen LogP contribution >= 0.6 is 0 Å². The van der Waals surface area contributed by atoms with E-state index in [9.17, 15) is 4.79 Å². The first kappa shape index (κ1) is 17.5. The van der Waals surface area contributed by atoms with Crippen molar-refractivity contribution in [2.45, 2.75) is 13.5 Å². The molecule has 7 nitrogen and oxygen atoms in total. The van der Waals surface area contributed by atoms with Crippen LogP contribution in [0.3, 0.4) is 0 Å². The molecule has 134 valence electrons. The SMILES string of the molecule is CCn1cnnc1-c1cccc(NC(=O)c2cc(OC)cc(OC)c2)c1. The van der Waals surface area contributed by atoms with Gasteiger partial charge in [-0.2, -0.15) is 0 Å². The monoisotopic (exact) mass is 352 g/mol. The van der Waals surface area contributed by atoms with Crippen LogP contribution in [0.25, 0.3) is 11.4 Å². The molecule has 2 aromatic carbocycles. The van der Waals surface area contributed by atoms with Gasteiger partial charge in [-0.3, -0.25) is 4.79 Å². The van der Waals surface area contributed by atoms with E-state index < -0.39 is 0 Å². The second kappa shape index (κ2) is 7.69. The molecule has 0 unspecified atom stereocenters. The Morgan fingerprint density at radius 3 is 2.50 bits per heavy atom. The molecule has 0 aliphatic carbocycles. The van der Waals surface area contributed by atoms with E-state index in [1.165, 1.54) is 0 Å². The quantitative estimate of drug-likeness (QED) is 0.737. The van der Waals surface area contributed by atoms with Crippen molar-refractivity contribution in [3.63, 3.8) is 0 Å². The summed E-state index contributed by atoms with van der Waals surface area (Å²) in [6, 6.07) is 12.5. The van der Waals surface area contributed by atoms with Gasteiger partial charge >= 0.3 is 0 Å². The van der Waals surface area contributed by atoms with E-state index in [4.69, 9.17) is 9.47 Å². The Morgan fingerprint density at radius 1 is 1.12 bits per heavy atom. The van der Waals surface area contributed by atoms with Crippen molar-refractivity contribution in [1.29, 1.82) is 0 Å². The number of carbonyl (C=O) groups is 1. The van der Waals surface area contributed by atoms with Crippen molar-refractivity contribution in [2.75, 3.05) is 19.5 Å². The number of amides is 1. The highest BCUT2D eigenvalue weighted by atomic mass is 16.5. The van der Waals surface area contributed by atoms with Gasteiger partial charge in [0, 0.05) is 29.4 Å². The summed E-state index contributed by atoms with van der Waals surface area (Å²) in [6.45, 7) is 2.79. The lowest BCUT2D eigenvalue weighted by Crippen LogP contribution is -2.12. The molecule has 0 atom stereocenters. The number of carbonyl (C=O) groups excluding carboxylic acids is 1. The number of aromatic nitrogens is 3. The van der Waals surface area contributed by atoms with Crippen LogP contribution in [0.4, 0.5) is 5.69 Å². The van der Waals surface area contributed by atoms with Crippen LogP contribution in [0.1, 0.15) is 17.3 Å². The number of nitrogens with one attached hydrogen (secondary N) is 1. The number of methoxy groups -OCH3 is 2. The number of hydrogen-bond donors (Lipinski definition) is 1. The van der Waals surface area contributed by atoms with Gasteiger partial charge in [0.15, 0.2) is 5.82 Å². The van der Waals surface area contributed by atoms with Gasteiger partial charge in [0.25, 0.3) is 5.91 Å².